The molecule has 0 bridgehead atoms. The molecule has 0 spiro atoms. The maximum atomic E-state index is 12.0. The van der Waals surface area contributed by atoms with Crippen molar-refractivity contribution in [3.05, 3.63) is 11.6 Å². The van der Waals surface area contributed by atoms with E-state index < -0.39 is 5.60 Å². The second-order valence-corrected chi connectivity index (χ2v) is 9.26. The number of fused-ring (bicyclic) bond motifs is 3. The summed E-state index contributed by atoms with van der Waals surface area (Å²) in [5, 5.41) is 4.03. The first-order valence-corrected chi connectivity index (χ1v) is 10.5. The molecule has 3 aliphatic rings. The molecule has 3 rings (SSSR count). The van der Waals surface area contributed by atoms with Crippen LogP contribution in [0.25, 0.3) is 0 Å². The molecule has 0 aliphatic carbocycles. The highest BCUT2D eigenvalue weighted by Gasteiger charge is 2.52. The third-order valence-electron chi connectivity index (χ3n) is 5.89. The Balaban J connectivity index is 1.76. The lowest BCUT2D eigenvalue weighted by molar-refractivity contribution is -0.151. The van der Waals surface area contributed by atoms with Gasteiger partial charge in [0.2, 0.25) is 0 Å². The molecule has 5 heteroatoms. The minimum Gasteiger partial charge on any atom is -0.450 e. The Morgan fingerprint density at radius 2 is 2.25 bits per heavy atom. The Morgan fingerprint density at radius 3 is 3.00 bits per heavy atom. The van der Waals surface area contributed by atoms with Crippen LogP contribution < -0.4 is 5.32 Å². The summed E-state index contributed by atoms with van der Waals surface area (Å²) in [5.41, 5.74) is 0.820. The molecule has 0 aromatic carbocycles. The molecule has 4 atom stereocenters. The molecule has 1 N–H and O–H groups in total. The van der Waals surface area contributed by atoms with Crippen molar-refractivity contribution in [3.63, 3.8) is 0 Å². The van der Waals surface area contributed by atoms with E-state index in [0.717, 1.165) is 31.7 Å². The highest BCUT2D eigenvalue weighted by Crippen LogP contribution is 2.46. The van der Waals surface area contributed by atoms with Gasteiger partial charge in [0.1, 0.15) is 5.60 Å². The number of hydrogen-bond acceptors (Lipinski definition) is 5. The van der Waals surface area contributed by atoms with E-state index in [2.05, 4.69) is 49.7 Å². The van der Waals surface area contributed by atoms with Crippen molar-refractivity contribution in [2.24, 2.45) is 0 Å². The molecule has 0 saturated carbocycles. The molecule has 0 aromatic heterocycles. The Hall–Kier alpha value is -0.520. The topological polar surface area (TPSA) is 41.6 Å². The van der Waals surface area contributed by atoms with E-state index in [1.54, 1.807) is 6.08 Å². The number of thioether (sulfide) groups is 1. The van der Waals surface area contributed by atoms with Crippen molar-refractivity contribution in [1.29, 1.82) is 0 Å². The first-order chi connectivity index (χ1) is 11.4. The lowest BCUT2D eigenvalue weighted by Crippen LogP contribution is -2.56. The molecule has 4 nitrogen and oxygen atoms in total. The van der Waals surface area contributed by atoms with Crippen LogP contribution in [0.4, 0.5) is 0 Å². The van der Waals surface area contributed by atoms with Crippen LogP contribution in [0.15, 0.2) is 11.6 Å². The monoisotopic (exact) mass is 352 g/mol. The van der Waals surface area contributed by atoms with Gasteiger partial charge in [0.15, 0.2) is 0 Å². The summed E-state index contributed by atoms with van der Waals surface area (Å²) < 4.78 is 5.86. The van der Waals surface area contributed by atoms with E-state index in [4.69, 9.17) is 4.74 Å². The van der Waals surface area contributed by atoms with E-state index in [0.29, 0.717) is 23.4 Å². The number of nitrogens with zero attached hydrogens (tertiary/aromatic N) is 1. The third-order valence-corrected chi connectivity index (χ3v) is 7.32. The fourth-order valence-corrected chi connectivity index (χ4v) is 5.79. The predicted molar refractivity (Wildman–Crippen MR) is 100 cm³/mol. The lowest BCUT2D eigenvalue weighted by Gasteiger charge is -2.45. The SMILES string of the molecule is CC(C)NCCSC1CC2=CC(=O)O[C@]2(C)[C@H]2CCCCN2[C@H]1C. The molecule has 24 heavy (non-hydrogen) atoms. The molecular formula is C19H32N2O2S. The number of esters is 1. The first-order valence-electron chi connectivity index (χ1n) is 9.46. The molecule has 3 heterocycles. The number of hydrogen-bond donors (Lipinski definition) is 1. The zero-order valence-corrected chi connectivity index (χ0v) is 16.3. The van der Waals surface area contributed by atoms with Crippen LogP contribution >= 0.6 is 11.8 Å². The molecule has 0 aromatic rings. The number of nitrogens with one attached hydrogen (secondary N) is 1. The van der Waals surface area contributed by atoms with Crippen molar-refractivity contribution < 1.29 is 9.53 Å². The first kappa shape index (κ1) is 18.3. The van der Waals surface area contributed by atoms with Crippen molar-refractivity contribution in [1.82, 2.24) is 10.2 Å². The van der Waals surface area contributed by atoms with Gasteiger partial charge < -0.3 is 10.1 Å². The minimum absolute atomic E-state index is 0.141. The van der Waals surface area contributed by atoms with Gasteiger partial charge in [-0.3, -0.25) is 4.90 Å². The number of ether oxygens (including phenoxy) is 1. The van der Waals surface area contributed by atoms with Crippen LogP contribution in [-0.2, 0) is 9.53 Å². The van der Waals surface area contributed by atoms with Crippen LogP contribution in [-0.4, -0.2) is 58.7 Å². The summed E-state index contributed by atoms with van der Waals surface area (Å²) >= 11 is 2.05. The summed E-state index contributed by atoms with van der Waals surface area (Å²) in [6, 6.07) is 1.41. The average Bonchev–Trinajstić information content (AvgIpc) is 2.80. The number of piperidine rings is 1. The molecule has 1 unspecified atom stereocenters. The maximum absolute atomic E-state index is 12.0. The van der Waals surface area contributed by atoms with Crippen LogP contribution in [0.5, 0.6) is 0 Å². The molecule has 0 amide bonds. The largest absolute Gasteiger partial charge is 0.450 e. The molecule has 136 valence electrons. The number of carbonyl (C=O) groups excluding carboxylic acids is 1. The maximum Gasteiger partial charge on any atom is 0.331 e. The van der Waals surface area contributed by atoms with Crippen molar-refractivity contribution in [2.45, 2.75) is 82.4 Å². The van der Waals surface area contributed by atoms with E-state index >= 15 is 0 Å². The highest BCUT2D eigenvalue weighted by molar-refractivity contribution is 8.00. The van der Waals surface area contributed by atoms with Gasteiger partial charge >= 0.3 is 5.97 Å². The highest BCUT2D eigenvalue weighted by atomic mass is 32.2. The average molecular weight is 353 g/mol. The fraction of sp³-hybridized carbons (Fsp3) is 0.842. The van der Waals surface area contributed by atoms with Gasteiger partial charge in [-0.1, -0.05) is 20.3 Å². The van der Waals surface area contributed by atoms with Crippen LogP contribution in [0.1, 0.15) is 53.4 Å². The molecule has 2 saturated heterocycles. The fourth-order valence-electron chi connectivity index (χ4n) is 4.52. The second-order valence-electron chi connectivity index (χ2n) is 7.91. The van der Waals surface area contributed by atoms with Gasteiger partial charge in [-0.2, -0.15) is 11.8 Å². The Morgan fingerprint density at radius 1 is 1.46 bits per heavy atom. The van der Waals surface area contributed by atoms with Gasteiger partial charge in [-0.05, 0) is 45.2 Å². The van der Waals surface area contributed by atoms with Crippen molar-refractivity contribution >= 4 is 17.7 Å². The summed E-state index contributed by atoms with van der Waals surface area (Å²) in [7, 11) is 0. The summed E-state index contributed by atoms with van der Waals surface area (Å²) in [6.07, 6.45) is 6.39. The van der Waals surface area contributed by atoms with E-state index in [-0.39, 0.29) is 5.97 Å². The zero-order valence-electron chi connectivity index (χ0n) is 15.5. The van der Waals surface area contributed by atoms with Crippen LogP contribution in [0, 0.1) is 0 Å². The smallest absolute Gasteiger partial charge is 0.331 e. The van der Waals surface area contributed by atoms with E-state index in [9.17, 15) is 4.79 Å². The summed E-state index contributed by atoms with van der Waals surface area (Å²) in [5.74, 6) is 0.975. The van der Waals surface area contributed by atoms with Crippen LogP contribution in [0.2, 0.25) is 0 Å². The van der Waals surface area contributed by atoms with Crippen molar-refractivity contribution in [3.8, 4) is 0 Å². The normalized spacial score (nSPS) is 36.8. The van der Waals surface area contributed by atoms with Gasteiger partial charge in [0, 0.05) is 35.7 Å². The van der Waals surface area contributed by atoms with E-state index in [1.165, 1.54) is 18.4 Å². The second kappa shape index (κ2) is 7.38. The van der Waals surface area contributed by atoms with Gasteiger partial charge in [-0.25, -0.2) is 4.79 Å². The quantitative estimate of drug-likeness (QED) is 0.608. The molecule has 2 fully saturated rings. The van der Waals surface area contributed by atoms with Gasteiger partial charge in [0.25, 0.3) is 0 Å². The third kappa shape index (κ3) is 3.54. The minimum atomic E-state index is -0.406. The molecule has 0 radical (unpaired) electrons. The summed E-state index contributed by atoms with van der Waals surface area (Å²) in [6.45, 7) is 11.1. The van der Waals surface area contributed by atoms with Crippen LogP contribution in [0.3, 0.4) is 0 Å². The Bertz CT molecular complexity index is 508. The van der Waals surface area contributed by atoms with E-state index in [1.807, 2.05) is 0 Å². The Labute approximate surface area is 150 Å². The lowest BCUT2D eigenvalue weighted by atomic mass is 9.83. The molecule has 3 aliphatic heterocycles. The number of rotatable bonds is 5. The summed E-state index contributed by atoms with van der Waals surface area (Å²) in [4.78, 5) is 14.6. The zero-order chi connectivity index (χ0) is 17.3. The van der Waals surface area contributed by atoms with Gasteiger partial charge in [0.05, 0.1) is 6.04 Å². The number of carbonyl (C=O) groups is 1. The molecular weight excluding hydrogens is 320 g/mol. The van der Waals surface area contributed by atoms with Crippen molar-refractivity contribution in [2.75, 3.05) is 18.8 Å². The van der Waals surface area contributed by atoms with Gasteiger partial charge in [-0.15, -0.1) is 0 Å². The predicted octanol–water partition coefficient (Wildman–Crippen LogP) is 2.97. The standard InChI is InChI=1S/C19H32N2O2S/c1-13(2)20-8-10-24-16-11-15-12-18(22)23-19(15,4)17-7-5-6-9-21(17)14(16)3/h12-14,16-17,20H,5-11H2,1-4H3/t14-,16?,17+,19-/m0/s1. The Kier molecular flexibility index (Phi) is 5.62.